The number of carbonyl (C=O) groups excluding carboxylic acids is 2. The van der Waals surface area contributed by atoms with Gasteiger partial charge in [0.25, 0.3) is 5.79 Å². The average Bonchev–Trinajstić information content (AvgIpc) is 3.69. The minimum absolute atomic E-state index is 0.233. The maximum atomic E-state index is 13.1. The quantitative estimate of drug-likeness (QED) is 0.273. The second kappa shape index (κ2) is 6.00. The van der Waals surface area contributed by atoms with Gasteiger partial charge in [0.2, 0.25) is 0 Å². The lowest BCUT2D eigenvalue weighted by Crippen LogP contribution is -2.46. The lowest BCUT2D eigenvalue weighted by molar-refractivity contribution is -0.147. The maximum Gasteiger partial charge on any atom is 0.345 e. The van der Waals surface area contributed by atoms with E-state index in [9.17, 15) is 9.59 Å². The molecular formula is C31H28O6. The summed E-state index contributed by atoms with van der Waals surface area (Å²) in [5.41, 5.74) is 1.34. The zero-order valence-corrected chi connectivity index (χ0v) is 20.8. The molecule has 0 amide bonds. The monoisotopic (exact) mass is 496 g/mol. The Hall–Kier alpha value is -3.02. The van der Waals surface area contributed by atoms with Gasteiger partial charge in [0.05, 0.1) is 13.2 Å². The Morgan fingerprint density at radius 3 is 1.57 bits per heavy atom. The maximum absolute atomic E-state index is 13.1. The van der Waals surface area contributed by atoms with E-state index >= 15 is 0 Å². The largest absolute Gasteiger partial charge is 0.462 e. The minimum atomic E-state index is -0.521. The second-order valence-electron chi connectivity index (χ2n) is 12.6. The van der Waals surface area contributed by atoms with Crippen LogP contribution in [0.3, 0.4) is 0 Å². The molecule has 2 aromatic carbocycles. The smallest absolute Gasteiger partial charge is 0.345 e. The van der Waals surface area contributed by atoms with Crippen molar-refractivity contribution in [2.24, 2.45) is 71.0 Å². The van der Waals surface area contributed by atoms with E-state index < -0.39 is 17.7 Å². The van der Waals surface area contributed by atoms with Gasteiger partial charge in [-0.1, -0.05) is 24.3 Å². The van der Waals surface area contributed by atoms with Crippen LogP contribution in [-0.2, 0) is 19.1 Å². The van der Waals surface area contributed by atoms with E-state index in [-0.39, 0.29) is 18.8 Å². The standard InChI is InChI=1S/C31H28O6/c1-3-34-29(32)26(30(33)35-4-2)21-15-17-19-16(21)20-18(15)23-22(17)27-24(19)25(20)28(23)31(27)36-13-9-11-7-5-6-8-12(11)10-14(13)37-31/h5-10,15-20,22-25,27-28H,3-4H2,1-2H3. The third-order valence-electron chi connectivity index (χ3n) is 12.1. The molecule has 0 N–H and O–H groups in total. The number of hydrogen-bond donors (Lipinski definition) is 0. The second-order valence-corrected chi connectivity index (χ2v) is 12.6. The fourth-order valence-corrected chi connectivity index (χ4v) is 12.3. The Morgan fingerprint density at radius 2 is 1.16 bits per heavy atom. The van der Waals surface area contributed by atoms with Gasteiger partial charge >= 0.3 is 11.9 Å². The molecule has 8 unspecified atom stereocenters. The van der Waals surface area contributed by atoms with Gasteiger partial charge in [-0.3, -0.25) is 0 Å². The van der Waals surface area contributed by atoms with E-state index in [1.165, 1.54) is 10.8 Å². The van der Waals surface area contributed by atoms with Crippen LogP contribution in [0.1, 0.15) is 13.8 Å². The Labute approximate surface area is 214 Å². The number of hydrogen-bond acceptors (Lipinski definition) is 6. The minimum Gasteiger partial charge on any atom is -0.462 e. The third-order valence-corrected chi connectivity index (χ3v) is 12.1. The number of allylic oxidation sites excluding steroid dienone is 1. The Kier molecular flexibility index (Phi) is 3.24. The predicted molar refractivity (Wildman–Crippen MR) is 130 cm³/mol. The van der Waals surface area contributed by atoms with Crippen LogP contribution >= 0.6 is 0 Å². The fraction of sp³-hybridized carbons (Fsp3) is 0.548. The summed E-state index contributed by atoms with van der Waals surface area (Å²) in [6, 6.07) is 12.7. The molecule has 8 saturated carbocycles. The SMILES string of the molecule is CCOC(=O)C(C(=O)OCC)=C1C2C3C4C1C1C2C2C3C3C4C1C2C31Oc2cc3ccccc3cc2O1. The zero-order valence-electron chi connectivity index (χ0n) is 20.8. The molecule has 9 aliphatic rings. The predicted octanol–water partition coefficient (Wildman–Crippen LogP) is 4.22. The van der Waals surface area contributed by atoms with Gasteiger partial charge in [-0.25, -0.2) is 9.59 Å². The van der Waals surface area contributed by atoms with Crippen molar-refractivity contribution in [1.29, 1.82) is 0 Å². The van der Waals surface area contributed by atoms with Crippen molar-refractivity contribution < 1.29 is 28.5 Å². The third kappa shape index (κ3) is 1.82. The summed E-state index contributed by atoms with van der Waals surface area (Å²) in [4.78, 5) is 26.2. The van der Waals surface area contributed by atoms with E-state index in [0.717, 1.165) is 17.1 Å². The molecular weight excluding hydrogens is 468 g/mol. The molecule has 6 nitrogen and oxygen atoms in total. The van der Waals surface area contributed by atoms with Gasteiger partial charge in [0, 0.05) is 11.8 Å². The lowest BCUT2D eigenvalue weighted by atomic mass is 9.80. The number of esters is 2. The highest BCUT2D eigenvalue weighted by atomic mass is 16.7. The zero-order chi connectivity index (χ0) is 24.5. The summed E-state index contributed by atoms with van der Waals surface area (Å²) in [6.45, 7) is 4.11. The van der Waals surface area contributed by atoms with Crippen LogP contribution < -0.4 is 9.47 Å². The molecule has 0 aromatic heterocycles. The van der Waals surface area contributed by atoms with Crippen molar-refractivity contribution in [2.45, 2.75) is 19.6 Å². The molecule has 0 radical (unpaired) electrons. The first-order valence-electron chi connectivity index (χ1n) is 14.1. The molecule has 0 saturated heterocycles. The fourth-order valence-electron chi connectivity index (χ4n) is 12.3. The highest BCUT2D eigenvalue weighted by Crippen LogP contribution is 2.96. The molecule has 8 atom stereocenters. The molecule has 8 fully saturated rings. The first kappa shape index (κ1) is 20.0. The molecule has 37 heavy (non-hydrogen) atoms. The Balaban J connectivity index is 1.09. The van der Waals surface area contributed by atoms with Crippen LogP contribution in [0.5, 0.6) is 11.5 Å². The van der Waals surface area contributed by atoms with Crippen LogP contribution in [-0.4, -0.2) is 30.9 Å². The summed E-state index contributed by atoms with van der Waals surface area (Å²) >= 11 is 0. The van der Waals surface area contributed by atoms with Crippen LogP contribution in [0.25, 0.3) is 10.8 Å². The van der Waals surface area contributed by atoms with Crippen LogP contribution in [0.15, 0.2) is 47.5 Å². The topological polar surface area (TPSA) is 71.1 Å². The van der Waals surface area contributed by atoms with Crippen molar-refractivity contribution in [3.05, 3.63) is 47.5 Å². The number of carbonyl (C=O) groups is 2. The Bertz CT molecular complexity index is 1370. The summed E-state index contributed by atoms with van der Waals surface area (Å²) in [7, 11) is 0. The van der Waals surface area contributed by atoms with Gasteiger partial charge < -0.3 is 18.9 Å². The summed E-state index contributed by atoms with van der Waals surface area (Å²) in [6.07, 6.45) is 0. The molecule has 1 aliphatic heterocycles. The molecule has 1 spiro atoms. The first-order chi connectivity index (χ1) is 18.1. The first-order valence-corrected chi connectivity index (χ1v) is 14.1. The molecule has 2 aromatic rings. The molecule has 1 heterocycles. The van der Waals surface area contributed by atoms with Crippen molar-refractivity contribution >= 4 is 22.7 Å². The molecule has 8 aliphatic carbocycles. The average molecular weight is 497 g/mol. The van der Waals surface area contributed by atoms with Gasteiger partial charge in [-0.2, -0.15) is 0 Å². The normalized spacial score (nSPS) is 45.5. The summed E-state index contributed by atoms with van der Waals surface area (Å²) in [5, 5.41) is 2.37. The van der Waals surface area contributed by atoms with Crippen LogP contribution in [0.2, 0.25) is 0 Å². The molecule has 4 bridgehead atoms. The molecule has 11 rings (SSSR count). The lowest BCUT2D eigenvalue weighted by Gasteiger charge is -2.30. The van der Waals surface area contributed by atoms with E-state index in [1.54, 1.807) is 13.8 Å². The number of fused-ring (bicyclic) bond motifs is 2. The van der Waals surface area contributed by atoms with Gasteiger partial charge in [-0.05, 0) is 102 Å². The summed E-state index contributed by atoms with van der Waals surface area (Å²) < 4.78 is 24.7. The van der Waals surface area contributed by atoms with E-state index in [2.05, 4.69) is 36.4 Å². The van der Waals surface area contributed by atoms with E-state index in [4.69, 9.17) is 18.9 Å². The van der Waals surface area contributed by atoms with Crippen molar-refractivity contribution in [3.8, 4) is 11.5 Å². The highest BCUT2D eigenvalue weighted by molar-refractivity contribution is 6.15. The van der Waals surface area contributed by atoms with Crippen molar-refractivity contribution in [1.82, 2.24) is 0 Å². The number of benzene rings is 2. The van der Waals surface area contributed by atoms with Gasteiger partial charge in [-0.15, -0.1) is 0 Å². The van der Waals surface area contributed by atoms with E-state index in [0.29, 0.717) is 71.0 Å². The van der Waals surface area contributed by atoms with Gasteiger partial charge in [0.15, 0.2) is 11.5 Å². The van der Waals surface area contributed by atoms with Crippen molar-refractivity contribution in [3.63, 3.8) is 0 Å². The van der Waals surface area contributed by atoms with Crippen molar-refractivity contribution in [2.75, 3.05) is 13.2 Å². The number of rotatable bonds is 4. The molecule has 188 valence electrons. The Morgan fingerprint density at radius 1 is 0.730 bits per heavy atom. The highest BCUT2D eigenvalue weighted by Gasteiger charge is 2.97. The van der Waals surface area contributed by atoms with Crippen LogP contribution in [0, 0.1) is 71.0 Å². The summed E-state index contributed by atoms with van der Waals surface area (Å²) in [5.74, 6) is 6.16. The number of ether oxygens (including phenoxy) is 4. The molecule has 6 heteroatoms. The van der Waals surface area contributed by atoms with Crippen LogP contribution in [0.4, 0.5) is 0 Å². The van der Waals surface area contributed by atoms with E-state index in [1.807, 2.05) is 0 Å². The van der Waals surface area contributed by atoms with Gasteiger partial charge in [0.1, 0.15) is 5.57 Å².